The number of rotatable bonds is 4. The monoisotopic (exact) mass is 886 g/mol. The largest absolute Gasteiger partial charge is 0.310 e. The molecule has 0 amide bonds. The lowest BCUT2D eigenvalue weighted by Gasteiger charge is -2.43. The van der Waals surface area contributed by atoms with Crippen molar-refractivity contribution in [2.45, 2.75) is 54.4 Å². The first kappa shape index (κ1) is 38.9. The van der Waals surface area contributed by atoms with Crippen molar-refractivity contribution in [2.24, 2.45) is 10.8 Å². The number of hydrogen-bond acceptors (Lipinski definition) is 0. The normalized spacial score (nSPS) is 14.5. The molecule has 1 spiro atoms. The smallest absolute Gasteiger partial charge is 0.252 e. The molecule has 9 aromatic carbocycles. The highest BCUT2D eigenvalue weighted by Crippen LogP contribution is 2.48. The predicted molar refractivity (Wildman–Crippen MR) is 293 cm³/mol. The molecule has 6 heterocycles. The zero-order valence-corrected chi connectivity index (χ0v) is 40.6. The molecule has 0 saturated carbocycles. The zero-order chi connectivity index (χ0) is 45.6. The van der Waals surface area contributed by atoms with Gasteiger partial charge in [0.05, 0.1) is 16.7 Å². The van der Waals surface area contributed by atoms with Gasteiger partial charge in [-0.2, -0.15) is 0 Å². The van der Waals surface area contributed by atoms with E-state index in [9.17, 15) is 0 Å². The first-order valence-electron chi connectivity index (χ1n) is 24.7. The van der Waals surface area contributed by atoms with Crippen molar-refractivity contribution in [3.8, 4) is 44.9 Å². The third kappa shape index (κ3) is 4.88. The van der Waals surface area contributed by atoms with Crippen LogP contribution in [-0.2, 0) is 12.8 Å². The Kier molecular flexibility index (Phi) is 7.49. The van der Waals surface area contributed by atoms with Gasteiger partial charge in [0.2, 0.25) is 0 Å². The lowest BCUT2D eigenvalue weighted by Crippen LogP contribution is -2.77. The van der Waals surface area contributed by atoms with Gasteiger partial charge in [-0.1, -0.05) is 199 Å². The summed E-state index contributed by atoms with van der Waals surface area (Å²) >= 11 is 0. The summed E-state index contributed by atoms with van der Waals surface area (Å²) in [5, 5.41) is 12.9. The van der Waals surface area contributed by atoms with Crippen LogP contribution in [0.5, 0.6) is 0 Å². The van der Waals surface area contributed by atoms with Crippen LogP contribution >= 0.6 is 0 Å². The molecule has 11 aromatic rings. The fraction of sp³-hybridized carbons (Fsp3) is 0.156. The van der Waals surface area contributed by atoms with Crippen molar-refractivity contribution in [1.29, 1.82) is 0 Å². The van der Waals surface area contributed by atoms with E-state index in [0.717, 1.165) is 12.8 Å². The summed E-state index contributed by atoms with van der Waals surface area (Å²) in [5.74, 6) is 0. The highest BCUT2D eigenvalue weighted by atomic mass is 28.3. The first-order chi connectivity index (χ1) is 33.0. The molecule has 15 rings (SSSR count). The molecule has 4 heteroatoms. The maximum Gasteiger partial charge on any atom is 0.252 e. The average molecular weight is 887 g/mol. The SMILES string of the molecule is CC(C)(C)Cc1cc2c3c(c1)c1cc(CC(C)(C)C)cc4c1n3-c1c(ccc3c1B2c1cc2ccccc2c2c(-c5ccccc5)c(-c5ccccc5)n-3c12)[Si]41c2ccccc2-c2ccccc21. The maximum atomic E-state index is 2.82. The van der Waals surface area contributed by atoms with E-state index < -0.39 is 8.07 Å². The van der Waals surface area contributed by atoms with Crippen LogP contribution in [0, 0.1) is 10.8 Å². The Labute approximate surface area is 399 Å². The summed E-state index contributed by atoms with van der Waals surface area (Å²) in [6.07, 6.45) is 2.02. The van der Waals surface area contributed by atoms with Crippen LogP contribution in [0.15, 0.2) is 176 Å². The summed E-state index contributed by atoms with van der Waals surface area (Å²) in [5.41, 5.74) is 22.2. The second-order valence-electron chi connectivity index (χ2n) is 22.8. The van der Waals surface area contributed by atoms with Gasteiger partial charge >= 0.3 is 0 Å². The van der Waals surface area contributed by atoms with Gasteiger partial charge in [-0.3, -0.25) is 0 Å². The molecule has 4 aliphatic rings. The fourth-order valence-electron chi connectivity index (χ4n) is 14.1. The Morgan fingerprint density at radius 2 is 1.03 bits per heavy atom. The zero-order valence-electron chi connectivity index (χ0n) is 39.6. The van der Waals surface area contributed by atoms with Crippen molar-refractivity contribution in [3.05, 3.63) is 187 Å². The van der Waals surface area contributed by atoms with Crippen LogP contribution in [0.2, 0.25) is 0 Å². The molecule has 0 N–H and O–H groups in total. The van der Waals surface area contributed by atoms with Crippen molar-refractivity contribution in [3.63, 3.8) is 0 Å². The quantitative estimate of drug-likeness (QED) is 0.156. The van der Waals surface area contributed by atoms with Crippen molar-refractivity contribution < 1.29 is 0 Å². The number of aromatic nitrogens is 2. The summed E-state index contributed by atoms with van der Waals surface area (Å²) in [4.78, 5) is 0. The molecule has 0 bridgehead atoms. The molecule has 0 unspecified atom stereocenters. The lowest BCUT2D eigenvalue weighted by atomic mass is 9.34. The minimum Gasteiger partial charge on any atom is -0.310 e. The molecule has 0 fully saturated rings. The summed E-state index contributed by atoms with van der Waals surface area (Å²) < 4.78 is 5.53. The van der Waals surface area contributed by atoms with Gasteiger partial charge < -0.3 is 9.13 Å². The van der Waals surface area contributed by atoms with E-state index in [1.165, 1.54) is 131 Å². The van der Waals surface area contributed by atoms with E-state index >= 15 is 0 Å². The van der Waals surface area contributed by atoms with Gasteiger partial charge in [0.25, 0.3) is 6.71 Å². The third-order valence-corrected chi connectivity index (χ3v) is 20.9. The minimum absolute atomic E-state index is 0.0227. The van der Waals surface area contributed by atoms with Gasteiger partial charge in [0.1, 0.15) is 0 Å². The van der Waals surface area contributed by atoms with Gasteiger partial charge in [-0.25, -0.2) is 0 Å². The highest BCUT2D eigenvalue weighted by molar-refractivity contribution is 7.24. The molecule has 0 radical (unpaired) electrons. The van der Waals surface area contributed by atoms with Crippen LogP contribution in [0.4, 0.5) is 0 Å². The number of hydrogen-bond donors (Lipinski definition) is 0. The van der Waals surface area contributed by atoms with Gasteiger partial charge in [-0.15, -0.1) is 0 Å². The van der Waals surface area contributed by atoms with Crippen LogP contribution in [0.1, 0.15) is 52.7 Å². The molecular formula is C64H51BN2Si. The van der Waals surface area contributed by atoms with E-state index in [2.05, 4.69) is 227 Å². The number of fused-ring (bicyclic) bond motifs is 13. The molecule has 2 aromatic heterocycles. The van der Waals surface area contributed by atoms with Gasteiger partial charge in [-0.05, 0) is 123 Å². The Morgan fingerprint density at radius 3 is 1.71 bits per heavy atom. The molecule has 0 atom stereocenters. The summed E-state index contributed by atoms with van der Waals surface area (Å²) in [6.45, 7) is 14.4. The molecule has 0 aliphatic carbocycles. The Morgan fingerprint density at radius 1 is 0.456 bits per heavy atom. The number of benzene rings is 9. The number of nitrogens with zero attached hydrogens (tertiary/aromatic N) is 2. The molecule has 4 aliphatic heterocycles. The fourth-order valence-corrected chi connectivity index (χ4v) is 19.7. The third-order valence-electron chi connectivity index (χ3n) is 16.0. The maximum absolute atomic E-state index is 2.95. The van der Waals surface area contributed by atoms with Gasteiger partial charge in [0.15, 0.2) is 8.07 Å². The van der Waals surface area contributed by atoms with E-state index in [-0.39, 0.29) is 17.5 Å². The van der Waals surface area contributed by atoms with Gasteiger partial charge in [0, 0.05) is 38.6 Å². The van der Waals surface area contributed by atoms with E-state index in [1.54, 1.807) is 5.19 Å². The van der Waals surface area contributed by atoms with Crippen molar-refractivity contribution in [2.75, 3.05) is 0 Å². The van der Waals surface area contributed by atoms with E-state index in [0.29, 0.717) is 0 Å². The van der Waals surface area contributed by atoms with Crippen LogP contribution in [-0.4, -0.2) is 23.9 Å². The Balaban J connectivity index is 1.21. The second-order valence-corrected chi connectivity index (χ2v) is 26.5. The second kappa shape index (κ2) is 13.1. The Hall–Kier alpha value is -7.14. The standard InChI is InChI=1S/C64H51BN2Si/c1-63(2,3)36-38-31-46-47-32-39(37-64(4,5)6)34-54-60(47)67-59(46)48(33-38)65-49-35-42-23-13-14-24-43(42)56-55(40-19-9-7-10-20-40)58(41-21-11-8-12-22-41)66(61(49)56)50-29-30-53(62(67)57(50)65)68(54)51-27-17-15-25-44(51)45-26-16-18-28-52(45)68/h7-35H,36-37H2,1-6H3. The van der Waals surface area contributed by atoms with Crippen LogP contribution in [0.25, 0.3) is 88.4 Å². The summed E-state index contributed by atoms with van der Waals surface area (Å²) in [7, 11) is -2.95. The topological polar surface area (TPSA) is 9.86 Å². The molecular weight excluding hydrogens is 836 g/mol. The van der Waals surface area contributed by atoms with E-state index in [4.69, 9.17) is 0 Å². The van der Waals surface area contributed by atoms with Crippen LogP contribution in [0.3, 0.4) is 0 Å². The van der Waals surface area contributed by atoms with E-state index in [1.807, 2.05) is 0 Å². The van der Waals surface area contributed by atoms with Crippen LogP contribution < -0.4 is 37.1 Å². The molecule has 0 saturated heterocycles. The highest BCUT2D eigenvalue weighted by Gasteiger charge is 2.56. The predicted octanol–water partition coefficient (Wildman–Crippen LogP) is 11.2. The molecule has 68 heavy (non-hydrogen) atoms. The molecule has 324 valence electrons. The Bertz CT molecular complexity index is 4000. The van der Waals surface area contributed by atoms with Crippen molar-refractivity contribution in [1.82, 2.24) is 9.13 Å². The summed E-state index contributed by atoms with van der Waals surface area (Å²) in [6, 6.07) is 69.0. The molecule has 2 nitrogen and oxygen atoms in total. The minimum atomic E-state index is -2.95. The lowest BCUT2D eigenvalue weighted by molar-refractivity contribution is 0.411. The van der Waals surface area contributed by atoms with Crippen molar-refractivity contribution >= 4 is 95.4 Å². The average Bonchev–Trinajstić information content (AvgIpc) is 3.96. The first-order valence-corrected chi connectivity index (χ1v) is 26.7.